The van der Waals surface area contributed by atoms with E-state index < -0.39 is 12.0 Å². The Morgan fingerprint density at radius 2 is 2.00 bits per heavy atom. The number of aliphatic carboxylic acids is 1. The number of carboxylic acid groups (broad SMARTS) is 1. The van der Waals surface area contributed by atoms with Gasteiger partial charge in [0.2, 0.25) is 0 Å². The number of halogens is 1. The number of ether oxygens (including phenoxy) is 2. The highest BCUT2D eigenvalue weighted by Gasteiger charge is 2.16. The maximum atomic E-state index is 11.0. The normalized spacial score (nSPS) is 13.8. The lowest BCUT2D eigenvalue weighted by Gasteiger charge is -2.19. The summed E-state index contributed by atoms with van der Waals surface area (Å²) in [4.78, 5) is 15.0. The van der Waals surface area contributed by atoms with Crippen LogP contribution in [0.3, 0.4) is 0 Å². The Morgan fingerprint density at radius 1 is 1.18 bits per heavy atom. The molecule has 7 nitrogen and oxygen atoms in total. The maximum absolute atomic E-state index is 11.0. The van der Waals surface area contributed by atoms with E-state index in [0.29, 0.717) is 29.8 Å². The lowest BCUT2D eigenvalue weighted by Crippen LogP contribution is -2.15. The smallest absolute Gasteiger partial charge is 0.328 e. The van der Waals surface area contributed by atoms with E-state index in [1.165, 1.54) is 18.5 Å². The number of rotatable bonds is 6. The molecule has 1 aliphatic heterocycles. The SMILES string of the molecule is CC(N=Cc1ccc2c(Nc3cccc(-c4ccc5c(c4)OCCO5)c3Cl)nsc2c1)C(=O)O. The van der Waals surface area contributed by atoms with Crippen LogP contribution in [0.1, 0.15) is 12.5 Å². The molecule has 1 unspecified atom stereocenters. The molecule has 0 spiro atoms. The van der Waals surface area contributed by atoms with E-state index in [0.717, 1.165) is 38.2 Å². The van der Waals surface area contributed by atoms with Gasteiger partial charge in [0.05, 0.1) is 15.4 Å². The highest BCUT2D eigenvalue weighted by Crippen LogP contribution is 2.40. The van der Waals surface area contributed by atoms with E-state index in [1.807, 2.05) is 54.6 Å². The minimum absolute atomic E-state index is 0.523. The fraction of sp³-hybridized carbons (Fsp3) is 0.160. The molecule has 34 heavy (non-hydrogen) atoms. The topological polar surface area (TPSA) is 93.0 Å². The second-order valence-corrected chi connectivity index (χ2v) is 8.91. The van der Waals surface area contributed by atoms with Gasteiger partial charge in [-0.25, -0.2) is 4.79 Å². The van der Waals surface area contributed by atoms with Crippen LogP contribution >= 0.6 is 23.1 Å². The van der Waals surface area contributed by atoms with Crippen molar-refractivity contribution >= 4 is 56.9 Å². The van der Waals surface area contributed by atoms with Gasteiger partial charge in [-0.3, -0.25) is 4.99 Å². The Hall–Kier alpha value is -3.62. The predicted octanol–water partition coefficient (Wildman–Crippen LogP) is 6.02. The molecule has 9 heteroatoms. The first-order valence-corrected chi connectivity index (χ1v) is 11.8. The molecule has 0 aliphatic carbocycles. The zero-order valence-electron chi connectivity index (χ0n) is 18.1. The number of hydrogen-bond acceptors (Lipinski definition) is 7. The van der Waals surface area contributed by atoms with Crippen molar-refractivity contribution in [3.8, 4) is 22.6 Å². The number of hydrogen-bond donors (Lipinski definition) is 2. The fourth-order valence-corrected chi connectivity index (χ4v) is 4.64. The van der Waals surface area contributed by atoms with Gasteiger partial charge in [-0.15, -0.1) is 0 Å². The summed E-state index contributed by atoms with van der Waals surface area (Å²) in [5.74, 6) is 1.18. The third kappa shape index (κ3) is 4.42. The van der Waals surface area contributed by atoms with Crippen LogP contribution in [0.5, 0.6) is 11.5 Å². The molecule has 2 N–H and O–H groups in total. The van der Waals surface area contributed by atoms with Crippen LogP contribution < -0.4 is 14.8 Å². The molecule has 5 rings (SSSR count). The molecule has 172 valence electrons. The summed E-state index contributed by atoms with van der Waals surface area (Å²) >= 11 is 8.14. The molecule has 1 atom stereocenters. The van der Waals surface area contributed by atoms with Crippen molar-refractivity contribution in [2.75, 3.05) is 18.5 Å². The van der Waals surface area contributed by atoms with Crippen LogP contribution in [0.15, 0.2) is 59.6 Å². The first kappa shape index (κ1) is 22.2. The molecule has 0 bridgehead atoms. The zero-order chi connectivity index (χ0) is 23.7. The summed E-state index contributed by atoms with van der Waals surface area (Å²) in [5, 5.41) is 13.9. The summed E-state index contributed by atoms with van der Waals surface area (Å²) in [5.41, 5.74) is 3.35. The quantitative estimate of drug-likeness (QED) is 0.319. The molecule has 0 fully saturated rings. The highest BCUT2D eigenvalue weighted by atomic mass is 35.5. The Morgan fingerprint density at radius 3 is 2.82 bits per heavy atom. The molecule has 0 radical (unpaired) electrons. The minimum Gasteiger partial charge on any atom is -0.486 e. The van der Waals surface area contributed by atoms with E-state index >= 15 is 0 Å². The van der Waals surface area contributed by atoms with Crippen molar-refractivity contribution in [2.24, 2.45) is 4.99 Å². The van der Waals surface area contributed by atoms with E-state index in [4.69, 9.17) is 26.2 Å². The number of anilines is 2. The molecular weight excluding hydrogens is 474 g/mol. The summed E-state index contributed by atoms with van der Waals surface area (Å²) in [7, 11) is 0. The number of carboxylic acids is 1. The molecule has 1 aliphatic rings. The summed E-state index contributed by atoms with van der Waals surface area (Å²) in [6, 6.07) is 16.6. The first-order valence-electron chi connectivity index (χ1n) is 10.6. The molecular formula is C25H20ClN3O4S. The lowest BCUT2D eigenvalue weighted by molar-refractivity contribution is -0.137. The maximum Gasteiger partial charge on any atom is 0.328 e. The molecule has 0 saturated heterocycles. The van der Waals surface area contributed by atoms with Gasteiger partial charge in [0, 0.05) is 17.2 Å². The number of nitrogens with zero attached hydrogens (tertiary/aromatic N) is 2. The van der Waals surface area contributed by atoms with Crippen LogP contribution in [0.2, 0.25) is 5.02 Å². The van der Waals surface area contributed by atoms with Gasteiger partial charge < -0.3 is 19.9 Å². The predicted molar refractivity (Wildman–Crippen MR) is 135 cm³/mol. The molecule has 2 heterocycles. The van der Waals surface area contributed by atoms with Crippen LogP contribution in [0, 0.1) is 0 Å². The fourth-order valence-electron chi connectivity index (χ4n) is 3.58. The Bertz CT molecular complexity index is 1420. The number of nitrogens with one attached hydrogen (secondary N) is 1. The van der Waals surface area contributed by atoms with Crippen molar-refractivity contribution in [3.63, 3.8) is 0 Å². The van der Waals surface area contributed by atoms with Gasteiger partial charge in [0.1, 0.15) is 19.3 Å². The average Bonchev–Trinajstić information content (AvgIpc) is 3.25. The van der Waals surface area contributed by atoms with E-state index in [1.54, 1.807) is 6.21 Å². The number of carbonyl (C=O) groups is 1. The van der Waals surface area contributed by atoms with Gasteiger partial charge in [-0.1, -0.05) is 35.9 Å². The Labute approximate surface area is 204 Å². The van der Waals surface area contributed by atoms with E-state index in [9.17, 15) is 4.79 Å². The lowest BCUT2D eigenvalue weighted by atomic mass is 10.0. The number of fused-ring (bicyclic) bond motifs is 2. The zero-order valence-corrected chi connectivity index (χ0v) is 19.7. The Kier molecular flexibility index (Phi) is 6.08. The first-order chi connectivity index (χ1) is 16.5. The van der Waals surface area contributed by atoms with Crippen LogP contribution in [-0.2, 0) is 4.79 Å². The van der Waals surface area contributed by atoms with Gasteiger partial charge in [0.15, 0.2) is 17.3 Å². The summed E-state index contributed by atoms with van der Waals surface area (Å²) in [6.45, 7) is 2.60. The van der Waals surface area contributed by atoms with Crippen molar-refractivity contribution in [1.82, 2.24) is 4.37 Å². The van der Waals surface area contributed by atoms with Gasteiger partial charge >= 0.3 is 5.97 Å². The average molecular weight is 494 g/mol. The monoisotopic (exact) mass is 493 g/mol. The number of aromatic nitrogens is 1. The standard InChI is InChI=1S/C25H20ClN3O4S/c1-14(25(30)31)27-13-15-5-7-18-22(11-15)34-29-24(18)28-19-4-2-3-17(23(19)26)16-6-8-20-21(12-16)33-10-9-32-20/h2-8,11-14H,9-10H2,1H3,(H,28,29)(H,30,31). The highest BCUT2D eigenvalue weighted by molar-refractivity contribution is 7.13. The van der Waals surface area contributed by atoms with Crippen LogP contribution in [0.25, 0.3) is 21.2 Å². The third-order valence-electron chi connectivity index (χ3n) is 5.41. The largest absolute Gasteiger partial charge is 0.486 e. The summed E-state index contributed by atoms with van der Waals surface area (Å²) in [6.07, 6.45) is 1.57. The third-order valence-corrected chi connectivity index (χ3v) is 6.62. The van der Waals surface area contributed by atoms with Crippen molar-refractivity contribution in [3.05, 3.63) is 65.2 Å². The molecule has 0 saturated carbocycles. The molecule has 3 aromatic carbocycles. The minimum atomic E-state index is -0.961. The summed E-state index contributed by atoms with van der Waals surface area (Å²) < 4.78 is 16.8. The second-order valence-electron chi connectivity index (χ2n) is 7.73. The van der Waals surface area contributed by atoms with Gasteiger partial charge in [0.25, 0.3) is 0 Å². The number of aliphatic imine (C=N–C) groups is 1. The van der Waals surface area contributed by atoms with E-state index in [-0.39, 0.29) is 0 Å². The van der Waals surface area contributed by atoms with Crippen LogP contribution in [-0.4, -0.2) is 40.9 Å². The van der Waals surface area contributed by atoms with Crippen molar-refractivity contribution in [1.29, 1.82) is 0 Å². The van der Waals surface area contributed by atoms with Gasteiger partial charge in [-0.2, -0.15) is 4.37 Å². The molecule has 4 aromatic rings. The molecule has 0 amide bonds. The molecule has 1 aromatic heterocycles. The van der Waals surface area contributed by atoms with E-state index in [2.05, 4.69) is 14.7 Å². The second kappa shape index (κ2) is 9.32. The van der Waals surface area contributed by atoms with Crippen molar-refractivity contribution < 1.29 is 19.4 Å². The van der Waals surface area contributed by atoms with Crippen molar-refractivity contribution in [2.45, 2.75) is 13.0 Å². The van der Waals surface area contributed by atoms with Gasteiger partial charge in [-0.05, 0) is 59.9 Å². The number of benzene rings is 3. The van der Waals surface area contributed by atoms with Crippen LogP contribution in [0.4, 0.5) is 11.5 Å². The Balaban J connectivity index is 1.41.